The van der Waals surface area contributed by atoms with Crippen molar-refractivity contribution in [2.45, 2.75) is 26.8 Å². The highest BCUT2D eigenvalue weighted by Crippen LogP contribution is 2.18. The van der Waals surface area contributed by atoms with Crippen molar-refractivity contribution < 1.29 is 9.53 Å². The van der Waals surface area contributed by atoms with Crippen LogP contribution in [0.2, 0.25) is 0 Å². The fraction of sp³-hybridized carbons (Fsp3) is 0.571. The van der Waals surface area contributed by atoms with Crippen LogP contribution in [0.15, 0.2) is 12.1 Å². The van der Waals surface area contributed by atoms with Crippen molar-refractivity contribution in [1.82, 2.24) is 10.3 Å². The molecular formula is C14H21N3O2. The molecule has 1 amide bonds. The number of amides is 1. The summed E-state index contributed by atoms with van der Waals surface area (Å²) in [5, 5.41) is 6.23. The van der Waals surface area contributed by atoms with E-state index < -0.39 is 0 Å². The quantitative estimate of drug-likeness (QED) is 0.858. The van der Waals surface area contributed by atoms with E-state index in [1.165, 1.54) is 0 Å². The second-order valence-corrected chi connectivity index (χ2v) is 4.88. The number of pyridine rings is 1. The Morgan fingerprint density at radius 1 is 1.42 bits per heavy atom. The Kier molecular flexibility index (Phi) is 4.50. The van der Waals surface area contributed by atoms with E-state index in [0.29, 0.717) is 13.2 Å². The molecule has 0 spiro atoms. The fourth-order valence-electron chi connectivity index (χ4n) is 2.32. The lowest BCUT2D eigenvalue weighted by atomic mass is 10.0. The highest BCUT2D eigenvalue weighted by molar-refractivity contribution is 5.93. The molecule has 0 radical (unpaired) electrons. The molecule has 0 aromatic carbocycles. The smallest absolute Gasteiger partial charge is 0.231 e. The van der Waals surface area contributed by atoms with Crippen LogP contribution in [0.3, 0.4) is 0 Å². The van der Waals surface area contributed by atoms with Gasteiger partial charge >= 0.3 is 0 Å². The molecule has 0 saturated carbocycles. The molecule has 0 aliphatic carbocycles. The van der Waals surface area contributed by atoms with E-state index in [1.807, 2.05) is 32.9 Å². The summed E-state index contributed by atoms with van der Waals surface area (Å²) in [6.07, 6.45) is 0. The van der Waals surface area contributed by atoms with E-state index in [4.69, 9.17) is 4.74 Å². The highest BCUT2D eigenvalue weighted by Gasteiger charge is 2.33. The van der Waals surface area contributed by atoms with Gasteiger partial charge in [0.2, 0.25) is 5.91 Å². The van der Waals surface area contributed by atoms with Gasteiger partial charge in [-0.15, -0.1) is 0 Å². The molecule has 1 saturated heterocycles. The van der Waals surface area contributed by atoms with E-state index in [9.17, 15) is 4.79 Å². The number of likely N-dealkylation sites (N-methyl/N-ethyl adjacent to an activating group) is 1. The Balaban J connectivity index is 2.04. The van der Waals surface area contributed by atoms with Gasteiger partial charge in [-0.1, -0.05) is 6.92 Å². The van der Waals surface area contributed by atoms with E-state index >= 15 is 0 Å². The SMILES string of the molecule is CCNC1COCC1C(=O)Nc1ccc(C)nc1C. The van der Waals surface area contributed by atoms with Crippen LogP contribution in [0.1, 0.15) is 18.3 Å². The first-order valence-electron chi connectivity index (χ1n) is 6.68. The van der Waals surface area contributed by atoms with Crippen molar-refractivity contribution in [3.8, 4) is 0 Å². The van der Waals surface area contributed by atoms with Crippen molar-refractivity contribution >= 4 is 11.6 Å². The summed E-state index contributed by atoms with van der Waals surface area (Å²) in [4.78, 5) is 16.6. The van der Waals surface area contributed by atoms with Crippen molar-refractivity contribution in [2.75, 3.05) is 25.1 Å². The third-order valence-electron chi connectivity index (χ3n) is 3.37. The van der Waals surface area contributed by atoms with Crippen molar-refractivity contribution in [1.29, 1.82) is 0 Å². The summed E-state index contributed by atoms with van der Waals surface area (Å²) >= 11 is 0. The van der Waals surface area contributed by atoms with Gasteiger partial charge in [-0.2, -0.15) is 0 Å². The van der Waals surface area contributed by atoms with Gasteiger partial charge in [-0.05, 0) is 32.5 Å². The summed E-state index contributed by atoms with van der Waals surface area (Å²) in [6, 6.07) is 3.90. The molecule has 2 heterocycles. The molecular weight excluding hydrogens is 242 g/mol. The summed E-state index contributed by atoms with van der Waals surface area (Å²) in [5.41, 5.74) is 2.57. The van der Waals surface area contributed by atoms with Gasteiger partial charge in [0, 0.05) is 11.7 Å². The average Bonchev–Trinajstić information content (AvgIpc) is 2.81. The minimum absolute atomic E-state index is 0.00259. The molecule has 5 heteroatoms. The van der Waals surface area contributed by atoms with Gasteiger partial charge in [0.1, 0.15) is 0 Å². The van der Waals surface area contributed by atoms with Gasteiger partial charge in [0.15, 0.2) is 0 Å². The zero-order valence-electron chi connectivity index (χ0n) is 11.7. The third-order valence-corrected chi connectivity index (χ3v) is 3.37. The number of aromatic nitrogens is 1. The molecule has 0 bridgehead atoms. The van der Waals surface area contributed by atoms with E-state index in [2.05, 4.69) is 15.6 Å². The topological polar surface area (TPSA) is 63.2 Å². The Morgan fingerprint density at radius 3 is 2.89 bits per heavy atom. The van der Waals surface area contributed by atoms with Crippen LogP contribution in [0.25, 0.3) is 0 Å². The standard InChI is InChI=1S/C14H21N3O2/c1-4-15-13-8-19-7-11(13)14(18)17-12-6-5-9(2)16-10(12)3/h5-6,11,13,15H,4,7-8H2,1-3H3,(H,17,18). The Morgan fingerprint density at radius 2 is 2.21 bits per heavy atom. The lowest BCUT2D eigenvalue weighted by molar-refractivity contribution is -0.120. The number of hydrogen-bond donors (Lipinski definition) is 2. The maximum Gasteiger partial charge on any atom is 0.231 e. The van der Waals surface area contributed by atoms with Gasteiger partial charge < -0.3 is 15.4 Å². The molecule has 1 aromatic rings. The lowest BCUT2D eigenvalue weighted by Crippen LogP contribution is -2.41. The fourth-order valence-corrected chi connectivity index (χ4v) is 2.32. The van der Waals surface area contributed by atoms with Gasteiger partial charge in [-0.3, -0.25) is 9.78 Å². The minimum Gasteiger partial charge on any atom is -0.379 e. The predicted octanol–water partition coefficient (Wildman–Crippen LogP) is 1.26. The third kappa shape index (κ3) is 3.30. The lowest BCUT2D eigenvalue weighted by Gasteiger charge is -2.18. The molecule has 1 fully saturated rings. The number of carbonyl (C=O) groups excluding carboxylic acids is 1. The van der Waals surface area contributed by atoms with E-state index in [0.717, 1.165) is 23.6 Å². The van der Waals surface area contributed by atoms with Crippen molar-refractivity contribution in [3.63, 3.8) is 0 Å². The van der Waals surface area contributed by atoms with E-state index in [1.54, 1.807) is 0 Å². The second-order valence-electron chi connectivity index (χ2n) is 4.88. The molecule has 19 heavy (non-hydrogen) atoms. The van der Waals surface area contributed by atoms with Crippen LogP contribution in [-0.4, -0.2) is 36.7 Å². The molecule has 2 unspecified atom stereocenters. The Labute approximate surface area is 113 Å². The van der Waals surface area contributed by atoms with Gasteiger partial charge in [0.05, 0.1) is 30.5 Å². The Hall–Kier alpha value is -1.46. The first-order chi connectivity index (χ1) is 9.11. The number of carbonyl (C=O) groups is 1. The molecule has 104 valence electrons. The van der Waals surface area contributed by atoms with Crippen molar-refractivity contribution in [2.24, 2.45) is 5.92 Å². The maximum absolute atomic E-state index is 12.3. The van der Waals surface area contributed by atoms with Gasteiger partial charge in [0.25, 0.3) is 0 Å². The highest BCUT2D eigenvalue weighted by atomic mass is 16.5. The Bertz CT molecular complexity index is 462. The first-order valence-corrected chi connectivity index (χ1v) is 6.68. The number of ether oxygens (including phenoxy) is 1. The number of rotatable bonds is 4. The number of hydrogen-bond acceptors (Lipinski definition) is 4. The zero-order chi connectivity index (χ0) is 13.8. The largest absolute Gasteiger partial charge is 0.379 e. The molecule has 2 N–H and O–H groups in total. The van der Waals surface area contributed by atoms with Crippen LogP contribution in [0.5, 0.6) is 0 Å². The van der Waals surface area contributed by atoms with Crippen LogP contribution < -0.4 is 10.6 Å². The monoisotopic (exact) mass is 263 g/mol. The molecule has 5 nitrogen and oxygen atoms in total. The molecule has 1 aromatic heterocycles. The predicted molar refractivity (Wildman–Crippen MR) is 74.1 cm³/mol. The van der Waals surface area contributed by atoms with Crippen molar-refractivity contribution in [3.05, 3.63) is 23.5 Å². The second kappa shape index (κ2) is 6.12. The number of anilines is 1. The molecule has 2 rings (SSSR count). The normalized spacial score (nSPS) is 22.5. The van der Waals surface area contributed by atoms with Crippen LogP contribution in [0, 0.1) is 19.8 Å². The average molecular weight is 263 g/mol. The summed E-state index contributed by atoms with van der Waals surface area (Å²) < 4.78 is 5.39. The molecule has 1 aliphatic heterocycles. The van der Waals surface area contributed by atoms with Gasteiger partial charge in [-0.25, -0.2) is 0 Å². The van der Waals surface area contributed by atoms with Crippen LogP contribution in [0.4, 0.5) is 5.69 Å². The van der Waals surface area contributed by atoms with Crippen LogP contribution in [-0.2, 0) is 9.53 Å². The van der Waals surface area contributed by atoms with E-state index in [-0.39, 0.29) is 17.9 Å². The number of aryl methyl sites for hydroxylation is 2. The molecule has 2 atom stereocenters. The molecule has 1 aliphatic rings. The minimum atomic E-state index is -0.138. The zero-order valence-corrected chi connectivity index (χ0v) is 11.7. The number of nitrogens with zero attached hydrogens (tertiary/aromatic N) is 1. The summed E-state index contributed by atoms with van der Waals surface area (Å²) in [5.74, 6) is -0.141. The maximum atomic E-state index is 12.3. The van der Waals surface area contributed by atoms with Crippen LogP contribution >= 0.6 is 0 Å². The number of nitrogens with one attached hydrogen (secondary N) is 2. The first kappa shape index (κ1) is 14.0. The summed E-state index contributed by atoms with van der Waals surface area (Å²) in [7, 11) is 0. The summed E-state index contributed by atoms with van der Waals surface area (Å²) in [6.45, 7) is 7.77.